The first-order valence-corrected chi connectivity index (χ1v) is 8.37. The molecule has 1 saturated heterocycles. The zero-order valence-corrected chi connectivity index (χ0v) is 13.3. The molecule has 3 heterocycles. The van der Waals surface area contributed by atoms with Crippen LogP contribution in [0, 0.1) is 0 Å². The van der Waals surface area contributed by atoms with Crippen molar-refractivity contribution in [3.05, 3.63) is 29.5 Å². The van der Waals surface area contributed by atoms with Crippen LogP contribution in [0.4, 0.5) is 11.1 Å². The van der Waals surface area contributed by atoms with Crippen molar-refractivity contribution < 1.29 is 0 Å². The molecular formula is C15H21N5S. The van der Waals surface area contributed by atoms with Gasteiger partial charge in [0.05, 0.1) is 11.7 Å². The van der Waals surface area contributed by atoms with Crippen molar-refractivity contribution in [2.75, 3.05) is 11.9 Å². The number of anilines is 2. The first kappa shape index (κ1) is 14.4. The minimum absolute atomic E-state index is 0.447. The van der Waals surface area contributed by atoms with Gasteiger partial charge < -0.3 is 5.32 Å². The van der Waals surface area contributed by atoms with Gasteiger partial charge in [-0.15, -0.1) is 11.3 Å². The van der Waals surface area contributed by atoms with E-state index in [1.807, 2.05) is 0 Å². The van der Waals surface area contributed by atoms with Crippen LogP contribution in [0.2, 0.25) is 0 Å². The van der Waals surface area contributed by atoms with Gasteiger partial charge in [-0.1, -0.05) is 6.42 Å². The zero-order valence-electron chi connectivity index (χ0n) is 12.5. The maximum atomic E-state index is 4.75. The average Bonchev–Trinajstić information content (AvgIpc) is 2.96. The molecule has 0 spiro atoms. The molecule has 0 saturated carbocycles. The number of likely N-dealkylation sites (tertiary alicyclic amines) is 1. The molecule has 1 unspecified atom stereocenters. The van der Waals surface area contributed by atoms with Crippen LogP contribution in [-0.4, -0.2) is 32.4 Å². The van der Waals surface area contributed by atoms with Crippen molar-refractivity contribution in [2.45, 2.75) is 45.2 Å². The van der Waals surface area contributed by atoms with Gasteiger partial charge in [-0.25, -0.2) is 15.0 Å². The smallest absolute Gasteiger partial charge is 0.228 e. The summed E-state index contributed by atoms with van der Waals surface area (Å²) in [6.07, 6.45) is 7.23. The summed E-state index contributed by atoms with van der Waals surface area (Å²) in [4.78, 5) is 15.7. The van der Waals surface area contributed by atoms with E-state index in [1.54, 1.807) is 29.8 Å². The Kier molecular flexibility index (Phi) is 4.45. The Bertz CT molecular complexity index is 568. The van der Waals surface area contributed by atoms with Crippen LogP contribution in [0.25, 0.3) is 0 Å². The van der Waals surface area contributed by atoms with Crippen LogP contribution in [0.1, 0.15) is 44.8 Å². The van der Waals surface area contributed by atoms with E-state index in [-0.39, 0.29) is 0 Å². The van der Waals surface area contributed by atoms with Crippen molar-refractivity contribution in [3.63, 3.8) is 0 Å². The van der Waals surface area contributed by atoms with Crippen molar-refractivity contribution in [1.82, 2.24) is 19.9 Å². The summed E-state index contributed by atoms with van der Waals surface area (Å²) < 4.78 is 0. The summed E-state index contributed by atoms with van der Waals surface area (Å²) in [5.41, 5.74) is 1.17. The summed E-state index contributed by atoms with van der Waals surface area (Å²) in [5.74, 6) is 0.600. The molecule has 0 radical (unpaired) electrons. The van der Waals surface area contributed by atoms with E-state index in [9.17, 15) is 0 Å². The van der Waals surface area contributed by atoms with Gasteiger partial charge in [0.1, 0.15) is 0 Å². The third-order valence-corrected chi connectivity index (χ3v) is 4.63. The van der Waals surface area contributed by atoms with E-state index in [0.29, 0.717) is 18.0 Å². The van der Waals surface area contributed by atoms with Gasteiger partial charge in [0.2, 0.25) is 5.95 Å². The van der Waals surface area contributed by atoms with Crippen LogP contribution >= 0.6 is 11.3 Å². The number of piperidine rings is 1. The molecule has 6 heteroatoms. The molecular weight excluding hydrogens is 282 g/mol. The molecule has 3 rings (SSSR count). The van der Waals surface area contributed by atoms with Crippen LogP contribution < -0.4 is 5.32 Å². The highest BCUT2D eigenvalue weighted by Gasteiger charge is 2.27. The number of nitrogens with one attached hydrogen (secondary N) is 1. The minimum atomic E-state index is 0.447. The Morgan fingerprint density at radius 1 is 1.29 bits per heavy atom. The quantitative estimate of drug-likeness (QED) is 0.935. The molecule has 1 aliphatic rings. The monoisotopic (exact) mass is 303 g/mol. The summed E-state index contributed by atoms with van der Waals surface area (Å²) in [6, 6.07) is 2.81. The van der Waals surface area contributed by atoms with Gasteiger partial charge >= 0.3 is 0 Å². The van der Waals surface area contributed by atoms with Crippen LogP contribution in [0.15, 0.2) is 23.8 Å². The number of thiazole rings is 1. The lowest BCUT2D eigenvalue weighted by Crippen LogP contribution is -2.38. The first-order valence-electron chi connectivity index (χ1n) is 7.49. The second-order valence-electron chi connectivity index (χ2n) is 5.62. The second-order valence-corrected chi connectivity index (χ2v) is 6.48. The lowest BCUT2D eigenvalue weighted by molar-refractivity contribution is 0.110. The maximum absolute atomic E-state index is 4.75. The van der Waals surface area contributed by atoms with E-state index in [2.05, 4.69) is 39.4 Å². The molecule has 1 N–H and O–H groups in total. The van der Waals surface area contributed by atoms with Gasteiger partial charge in [0.15, 0.2) is 5.13 Å². The fourth-order valence-corrected chi connectivity index (χ4v) is 3.60. The van der Waals surface area contributed by atoms with E-state index in [0.717, 1.165) is 5.13 Å². The highest BCUT2D eigenvalue weighted by molar-refractivity contribution is 7.13. The third kappa shape index (κ3) is 3.39. The zero-order chi connectivity index (χ0) is 14.7. The molecule has 1 aliphatic heterocycles. The predicted octanol–water partition coefficient (Wildman–Crippen LogP) is 3.61. The van der Waals surface area contributed by atoms with Crippen LogP contribution in [0.5, 0.6) is 0 Å². The lowest BCUT2D eigenvalue weighted by atomic mass is 9.98. The molecule has 112 valence electrons. The summed E-state index contributed by atoms with van der Waals surface area (Å²) in [7, 11) is 0. The van der Waals surface area contributed by atoms with Gasteiger partial charge in [-0.05, 0) is 39.3 Å². The Morgan fingerprint density at radius 2 is 2.10 bits per heavy atom. The van der Waals surface area contributed by atoms with Gasteiger partial charge in [0, 0.05) is 23.8 Å². The van der Waals surface area contributed by atoms with Crippen molar-refractivity contribution in [3.8, 4) is 0 Å². The van der Waals surface area contributed by atoms with E-state index in [1.165, 1.54) is 31.5 Å². The predicted molar refractivity (Wildman–Crippen MR) is 85.9 cm³/mol. The van der Waals surface area contributed by atoms with Crippen LogP contribution in [0.3, 0.4) is 0 Å². The molecule has 2 aromatic heterocycles. The van der Waals surface area contributed by atoms with Crippen molar-refractivity contribution in [1.29, 1.82) is 0 Å². The summed E-state index contributed by atoms with van der Waals surface area (Å²) >= 11 is 1.62. The standard InChI is InChI=1S/C15H21N5S/c1-11(2)20-9-4-3-6-13(20)12-10-21-15(18-12)19-14-16-7-5-8-17-14/h5,7-8,10-11,13H,3-4,6,9H2,1-2H3,(H,16,17,18,19). The molecule has 0 bridgehead atoms. The van der Waals surface area contributed by atoms with Crippen molar-refractivity contribution >= 4 is 22.4 Å². The van der Waals surface area contributed by atoms with Gasteiger partial charge in [-0.3, -0.25) is 4.90 Å². The SMILES string of the molecule is CC(C)N1CCCCC1c1csc(Nc2ncccn2)n1. The molecule has 1 atom stereocenters. The van der Waals surface area contributed by atoms with Crippen molar-refractivity contribution in [2.24, 2.45) is 0 Å². The lowest BCUT2D eigenvalue weighted by Gasteiger charge is -2.37. The molecule has 0 amide bonds. The van der Waals surface area contributed by atoms with E-state index >= 15 is 0 Å². The number of hydrogen-bond donors (Lipinski definition) is 1. The fraction of sp³-hybridized carbons (Fsp3) is 0.533. The molecule has 0 aromatic carbocycles. The van der Waals surface area contributed by atoms with Gasteiger partial charge in [-0.2, -0.15) is 0 Å². The molecule has 1 fully saturated rings. The fourth-order valence-electron chi connectivity index (χ4n) is 2.85. The minimum Gasteiger partial charge on any atom is -0.300 e. The Morgan fingerprint density at radius 3 is 2.86 bits per heavy atom. The van der Waals surface area contributed by atoms with E-state index < -0.39 is 0 Å². The second kappa shape index (κ2) is 6.49. The molecule has 2 aromatic rings. The number of hydrogen-bond acceptors (Lipinski definition) is 6. The number of aromatic nitrogens is 3. The first-order chi connectivity index (χ1) is 10.2. The summed E-state index contributed by atoms with van der Waals surface area (Å²) in [5, 5.41) is 6.20. The topological polar surface area (TPSA) is 53.9 Å². The Labute approximate surface area is 129 Å². The highest BCUT2D eigenvalue weighted by atomic mass is 32.1. The largest absolute Gasteiger partial charge is 0.300 e. The Balaban J connectivity index is 1.74. The molecule has 0 aliphatic carbocycles. The number of rotatable bonds is 4. The molecule has 21 heavy (non-hydrogen) atoms. The van der Waals surface area contributed by atoms with E-state index in [4.69, 9.17) is 4.98 Å². The van der Waals surface area contributed by atoms with Crippen LogP contribution in [-0.2, 0) is 0 Å². The normalized spacial score (nSPS) is 19.9. The average molecular weight is 303 g/mol. The highest BCUT2D eigenvalue weighted by Crippen LogP contribution is 2.34. The molecule has 5 nitrogen and oxygen atoms in total. The number of nitrogens with zero attached hydrogens (tertiary/aromatic N) is 4. The summed E-state index contributed by atoms with van der Waals surface area (Å²) in [6.45, 7) is 5.70. The van der Waals surface area contributed by atoms with Gasteiger partial charge in [0.25, 0.3) is 0 Å². The third-order valence-electron chi connectivity index (χ3n) is 3.86. The Hall–Kier alpha value is -1.53. The maximum Gasteiger partial charge on any atom is 0.228 e.